The van der Waals surface area contributed by atoms with E-state index in [2.05, 4.69) is 27.7 Å². The standard InChI is InChI=1S/C58H112O6/c1-5-7-9-11-13-15-17-19-21-23-25-27-29-31-33-35-37-43-47-51-58(61)64-55(53-63-57(60)50-46-42-39-38-40-44-48-54(3)4)52-62-56(59)49-45-41-36-34-32-30-28-26-24-22-20-18-16-14-12-10-8-6-2/h54-55H,5-53H2,1-4H3/t55-/m1/s1. The summed E-state index contributed by atoms with van der Waals surface area (Å²) in [7, 11) is 0. The van der Waals surface area contributed by atoms with E-state index in [9.17, 15) is 14.4 Å². The molecule has 0 fully saturated rings. The van der Waals surface area contributed by atoms with Gasteiger partial charge in [-0.2, -0.15) is 0 Å². The number of esters is 3. The summed E-state index contributed by atoms with van der Waals surface area (Å²) in [6, 6.07) is 0. The van der Waals surface area contributed by atoms with E-state index >= 15 is 0 Å². The van der Waals surface area contributed by atoms with E-state index in [0.29, 0.717) is 19.3 Å². The van der Waals surface area contributed by atoms with Crippen LogP contribution in [0.25, 0.3) is 0 Å². The lowest BCUT2D eigenvalue weighted by atomic mass is 10.0. The van der Waals surface area contributed by atoms with Crippen LogP contribution in [0.1, 0.15) is 329 Å². The van der Waals surface area contributed by atoms with Gasteiger partial charge >= 0.3 is 17.9 Å². The van der Waals surface area contributed by atoms with Gasteiger partial charge in [0.1, 0.15) is 13.2 Å². The summed E-state index contributed by atoms with van der Waals surface area (Å²) < 4.78 is 16.8. The highest BCUT2D eigenvalue weighted by atomic mass is 16.6. The molecular weight excluding hydrogens is 793 g/mol. The SMILES string of the molecule is CCCCCCCCCCCCCCCCCCCCCC(=O)O[C@H](COC(=O)CCCCCCCCCCCCCCCCCCCC)COC(=O)CCCCCCCCC(C)C. The number of unbranched alkanes of at least 4 members (excludes halogenated alkanes) is 40. The van der Waals surface area contributed by atoms with Crippen LogP contribution in [0.3, 0.4) is 0 Å². The number of carbonyl (C=O) groups is 3. The maximum atomic E-state index is 12.8. The Balaban J connectivity index is 4.20. The minimum Gasteiger partial charge on any atom is -0.462 e. The molecule has 0 saturated heterocycles. The molecule has 0 aromatic carbocycles. The van der Waals surface area contributed by atoms with Gasteiger partial charge in [-0.3, -0.25) is 14.4 Å². The Hall–Kier alpha value is -1.59. The normalized spacial score (nSPS) is 12.0. The largest absolute Gasteiger partial charge is 0.462 e. The Morgan fingerprint density at radius 3 is 0.766 bits per heavy atom. The lowest BCUT2D eigenvalue weighted by Crippen LogP contribution is -2.30. The van der Waals surface area contributed by atoms with Gasteiger partial charge < -0.3 is 14.2 Å². The van der Waals surface area contributed by atoms with Crippen LogP contribution < -0.4 is 0 Å². The second kappa shape index (κ2) is 52.4. The van der Waals surface area contributed by atoms with Crippen molar-refractivity contribution < 1.29 is 28.6 Å². The minimum atomic E-state index is -0.762. The van der Waals surface area contributed by atoms with Gasteiger partial charge in [0, 0.05) is 19.3 Å². The van der Waals surface area contributed by atoms with Crippen molar-refractivity contribution in [1.82, 2.24) is 0 Å². The molecular formula is C58H112O6. The van der Waals surface area contributed by atoms with Gasteiger partial charge in [-0.15, -0.1) is 0 Å². The highest BCUT2D eigenvalue weighted by molar-refractivity contribution is 5.71. The van der Waals surface area contributed by atoms with Gasteiger partial charge in [0.25, 0.3) is 0 Å². The molecule has 0 aromatic heterocycles. The topological polar surface area (TPSA) is 78.9 Å². The van der Waals surface area contributed by atoms with Gasteiger partial charge in [-0.1, -0.05) is 291 Å². The van der Waals surface area contributed by atoms with E-state index in [1.54, 1.807) is 0 Å². The molecule has 0 aliphatic carbocycles. The van der Waals surface area contributed by atoms with E-state index < -0.39 is 6.10 Å². The average molecular weight is 906 g/mol. The summed E-state index contributed by atoms with van der Waals surface area (Å²) in [4.78, 5) is 38.0. The Kier molecular flexibility index (Phi) is 51.1. The molecule has 0 spiro atoms. The maximum absolute atomic E-state index is 12.8. The van der Waals surface area contributed by atoms with Crippen LogP contribution in [0, 0.1) is 5.92 Å². The van der Waals surface area contributed by atoms with Crippen LogP contribution in [0.5, 0.6) is 0 Å². The van der Waals surface area contributed by atoms with E-state index in [1.807, 2.05) is 0 Å². The summed E-state index contributed by atoms with van der Waals surface area (Å²) in [6.45, 7) is 8.99. The third-order valence-electron chi connectivity index (χ3n) is 13.3. The molecule has 0 radical (unpaired) electrons. The summed E-state index contributed by atoms with van der Waals surface area (Å²) in [5.74, 6) is -0.0795. The molecule has 380 valence electrons. The van der Waals surface area contributed by atoms with Crippen LogP contribution in [-0.4, -0.2) is 37.2 Å². The molecule has 0 rings (SSSR count). The van der Waals surface area contributed by atoms with Crippen molar-refractivity contribution in [1.29, 1.82) is 0 Å². The van der Waals surface area contributed by atoms with Crippen molar-refractivity contribution in [3.05, 3.63) is 0 Å². The third kappa shape index (κ3) is 51.4. The number of carbonyl (C=O) groups excluding carboxylic acids is 3. The number of hydrogen-bond acceptors (Lipinski definition) is 6. The molecule has 0 unspecified atom stereocenters. The van der Waals surface area contributed by atoms with E-state index in [0.717, 1.165) is 63.7 Å². The fourth-order valence-electron chi connectivity index (χ4n) is 8.92. The zero-order chi connectivity index (χ0) is 46.7. The van der Waals surface area contributed by atoms with Crippen molar-refractivity contribution in [3.63, 3.8) is 0 Å². The molecule has 0 saturated carbocycles. The quantitative estimate of drug-likeness (QED) is 0.0344. The number of hydrogen-bond donors (Lipinski definition) is 0. The van der Waals surface area contributed by atoms with Gasteiger partial charge in [0.15, 0.2) is 6.10 Å². The van der Waals surface area contributed by atoms with Crippen molar-refractivity contribution in [2.24, 2.45) is 5.92 Å². The van der Waals surface area contributed by atoms with Crippen LogP contribution in [0.15, 0.2) is 0 Å². The molecule has 0 bridgehead atoms. The average Bonchev–Trinajstić information content (AvgIpc) is 3.28. The second-order valence-corrected chi connectivity index (χ2v) is 20.4. The van der Waals surface area contributed by atoms with E-state index in [4.69, 9.17) is 14.2 Å². The van der Waals surface area contributed by atoms with Crippen molar-refractivity contribution in [2.75, 3.05) is 13.2 Å². The van der Waals surface area contributed by atoms with Crippen LogP contribution >= 0.6 is 0 Å². The molecule has 0 N–H and O–H groups in total. The first-order chi connectivity index (χ1) is 31.4. The zero-order valence-electron chi connectivity index (χ0n) is 43.8. The first-order valence-corrected chi connectivity index (χ1v) is 28.9. The highest BCUT2D eigenvalue weighted by Crippen LogP contribution is 2.18. The lowest BCUT2D eigenvalue weighted by molar-refractivity contribution is -0.167. The molecule has 6 nitrogen and oxygen atoms in total. The maximum Gasteiger partial charge on any atom is 0.306 e. The summed E-state index contributed by atoms with van der Waals surface area (Å²) in [5, 5.41) is 0. The van der Waals surface area contributed by atoms with Crippen LogP contribution in [-0.2, 0) is 28.6 Å². The van der Waals surface area contributed by atoms with E-state index in [-0.39, 0.29) is 31.1 Å². The fourth-order valence-corrected chi connectivity index (χ4v) is 8.92. The smallest absolute Gasteiger partial charge is 0.306 e. The molecule has 1 atom stereocenters. The summed E-state index contributed by atoms with van der Waals surface area (Å²) >= 11 is 0. The van der Waals surface area contributed by atoms with Gasteiger partial charge in [0.2, 0.25) is 0 Å². The number of ether oxygens (including phenoxy) is 3. The highest BCUT2D eigenvalue weighted by Gasteiger charge is 2.19. The summed E-state index contributed by atoms with van der Waals surface area (Å²) in [6.07, 6.45) is 56.9. The molecule has 0 aliphatic heterocycles. The Labute approximate surface area is 399 Å². The lowest BCUT2D eigenvalue weighted by Gasteiger charge is -2.18. The molecule has 0 heterocycles. The Morgan fingerprint density at radius 1 is 0.297 bits per heavy atom. The first-order valence-electron chi connectivity index (χ1n) is 28.9. The predicted octanol–water partition coefficient (Wildman–Crippen LogP) is 19.0. The van der Waals surface area contributed by atoms with E-state index in [1.165, 1.54) is 225 Å². The summed E-state index contributed by atoms with van der Waals surface area (Å²) in [5.41, 5.74) is 0. The Morgan fingerprint density at radius 2 is 0.516 bits per heavy atom. The van der Waals surface area contributed by atoms with Gasteiger partial charge in [-0.25, -0.2) is 0 Å². The van der Waals surface area contributed by atoms with Crippen molar-refractivity contribution >= 4 is 17.9 Å². The molecule has 64 heavy (non-hydrogen) atoms. The number of rotatable bonds is 53. The molecule has 6 heteroatoms. The minimum absolute atomic E-state index is 0.0630. The zero-order valence-corrected chi connectivity index (χ0v) is 43.8. The molecule has 0 aliphatic rings. The fraction of sp³-hybridized carbons (Fsp3) is 0.948. The van der Waals surface area contributed by atoms with Crippen molar-refractivity contribution in [3.8, 4) is 0 Å². The molecule has 0 amide bonds. The monoisotopic (exact) mass is 905 g/mol. The third-order valence-corrected chi connectivity index (χ3v) is 13.3. The first kappa shape index (κ1) is 62.4. The Bertz CT molecular complexity index is 964. The van der Waals surface area contributed by atoms with Crippen molar-refractivity contribution in [2.45, 2.75) is 336 Å². The van der Waals surface area contributed by atoms with Crippen LogP contribution in [0.4, 0.5) is 0 Å². The second-order valence-electron chi connectivity index (χ2n) is 20.4. The van der Waals surface area contributed by atoms with Gasteiger partial charge in [0.05, 0.1) is 0 Å². The van der Waals surface area contributed by atoms with Crippen LogP contribution in [0.2, 0.25) is 0 Å². The van der Waals surface area contributed by atoms with Gasteiger partial charge in [-0.05, 0) is 25.2 Å². The molecule has 0 aromatic rings. The predicted molar refractivity (Wildman–Crippen MR) is 275 cm³/mol.